The van der Waals surface area contributed by atoms with E-state index in [0.29, 0.717) is 11.5 Å². The van der Waals surface area contributed by atoms with Crippen LogP contribution in [0.4, 0.5) is 0 Å². The van der Waals surface area contributed by atoms with E-state index in [4.69, 9.17) is 4.74 Å². The highest BCUT2D eigenvalue weighted by Gasteiger charge is 2.12. The van der Waals surface area contributed by atoms with Crippen LogP contribution in [0.2, 0.25) is 0 Å². The fraction of sp³-hybridized carbons (Fsp3) is 0.100. The summed E-state index contributed by atoms with van der Waals surface area (Å²) in [6.45, 7) is 1.83. The van der Waals surface area contributed by atoms with Crippen LogP contribution >= 0.6 is 0 Å². The number of phenolic OH excluding ortho intramolecular Hbond substituents is 1. The maximum atomic E-state index is 12.2. The number of fused-ring (bicyclic) bond motifs is 1. The molecule has 126 valence electrons. The number of benzene rings is 3. The zero-order valence-electron chi connectivity index (χ0n) is 14.0. The average Bonchev–Trinajstić information content (AvgIpc) is 2.65. The largest absolute Gasteiger partial charge is 0.507 e. The first-order valence-corrected chi connectivity index (χ1v) is 7.80. The predicted molar refractivity (Wildman–Crippen MR) is 98.3 cm³/mol. The van der Waals surface area contributed by atoms with Crippen molar-refractivity contribution in [3.63, 3.8) is 0 Å². The lowest BCUT2D eigenvalue weighted by Crippen LogP contribution is -2.19. The number of hydrogen-bond acceptors (Lipinski definition) is 4. The first-order chi connectivity index (χ1) is 12.1. The molecule has 5 nitrogen and oxygen atoms in total. The topological polar surface area (TPSA) is 70.9 Å². The third-order valence-electron chi connectivity index (χ3n) is 3.95. The molecule has 0 heterocycles. The number of methoxy groups -OCH3 is 1. The van der Waals surface area contributed by atoms with Crippen LogP contribution in [0.15, 0.2) is 65.8 Å². The molecule has 0 aliphatic rings. The van der Waals surface area contributed by atoms with Crippen molar-refractivity contribution in [1.29, 1.82) is 0 Å². The zero-order valence-corrected chi connectivity index (χ0v) is 14.0. The number of hydrazone groups is 1. The first kappa shape index (κ1) is 16.5. The molecule has 5 heteroatoms. The van der Waals surface area contributed by atoms with Gasteiger partial charge in [0.1, 0.15) is 11.5 Å². The molecule has 0 aliphatic heterocycles. The van der Waals surface area contributed by atoms with E-state index in [0.717, 1.165) is 16.3 Å². The van der Waals surface area contributed by atoms with Gasteiger partial charge in [0.2, 0.25) is 0 Å². The number of aromatic hydroxyl groups is 1. The fourth-order valence-corrected chi connectivity index (χ4v) is 2.63. The molecule has 0 bridgehead atoms. The van der Waals surface area contributed by atoms with Crippen LogP contribution in [0.5, 0.6) is 11.5 Å². The maximum absolute atomic E-state index is 12.2. The molecule has 0 radical (unpaired) electrons. The van der Waals surface area contributed by atoms with Crippen molar-refractivity contribution >= 4 is 22.4 Å². The van der Waals surface area contributed by atoms with Gasteiger partial charge in [-0.2, -0.15) is 5.10 Å². The quantitative estimate of drug-likeness (QED) is 0.564. The average molecular weight is 334 g/mol. The smallest absolute Gasteiger partial charge is 0.275 e. The molecule has 0 aromatic heterocycles. The number of carbonyl (C=O) groups excluding carboxylic acids is 1. The Morgan fingerprint density at radius 2 is 1.80 bits per heavy atom. The van der Waals surface area contributed by atoms with Crippen molar-refractivity contribution in [3.8, 4) is 11.5 Å². The molecule has 0 saturated carbocycles. The lowest BCUT2D eigenvalue weighted by Gasteiger charge is -2.08. The second-order valence-electron chi connectivity index (χ2n) is 5.55. The second kappa shape index (κ2) is 7.05. The Kier molecular flexibility index (Phi) is 4.66. The SMILES string of the molecule is COc1ccc(C(=O)N/N=C(/C)c2cccc3ccccc23)c(O)c1. The van der Waals surface area contributed by atoms with Crippen molar-refractivity contribution in [1.82, 2.24) is 5.43 Å². The fourth-order valence-electron chi connectivity index (χ4n) is 2.63. The third kappa shape index (κ3) is 3.45. The van der Waals surface area contributed by atoms with Gasteiger partial charge in [0.05, 0.1) is 18.4 Å². The van der Waals surface area contributed by atoms with Gasteiger partial charge in [0.15, 0.2) is 0 Å². The van der Waals surface area contributed by atoms with Crippen LogP contribution in [0.3, 0.4) is 0 Å². The van der Waals surface area contributed by atoms with Crippen molar-refractivity contribution in [2.75, 3.05) is 7.11 Å². The van der Waals surface area contributed by atoms with Crippen LogP contribution < -0.4 is 10.2 Å². The molecule has 0 fully saturated rings. The Bertz CT molecular complexity index is 959. The molecule has 0 unspecified atom stereocenters. The number of nitrogens with one attached hydrogen (secondary N) is 1. The monoisotopic (exact) mass is 334 g/mol. The van der Waals surface area contributed by atoms with Gasteiger partial charge in [-0.1, -0.05) is 42.5 Å². The summed E-state index contributed by atoms with van der Waals surface area (Å²) in [5.41, 5.74) is 4.24. The number of hydrogen-bond donors (Lipinski definition) is 2. The summed E-state index contributed by atoms with van der Waals surface area (Å²) in [5, 5.41) is 16.3. The van der Waals surface area contributed by atoms with Gasteiger partial charge in [-0.25, -0.2) is 5.43 Å². The molecule has 0 atom stereocenters. The van der Waals surface area contributed by atoms with Crippen molar-refractivity contribution in [2.45, 2.75) is 6.92 Å². The molecule has 0 aliphatic carbocycles. The molecule has 0 saturated heterocycles. The maximum Gasteiger partial charge on any atom is 0.275 e. The van der Waals surface area contributed by atoms with E-state index >= 15 is 0 Å². The third-order valence-corrected chi connectivity index (χ3v) is 3.95. The highest BCUT2D eigenvalue weighted by atomic mass is 16.5. The molecule has 2 N–H and O–H groups in total. The summed E-state index contributed by atoms with van der Waals surface area (Å²) < 4.78 is 5.01. The molecule has 3 aromatic rings. The lowest BCUT2D eigenvalue weighted by atomic mass is 10.0. The van der Waals surface area contributed by atoms with E-state index in [1.807, 2.05) is 49.4 Å². The molecule has 3 rings (SSSR count). The Labute approximate surface area is 145 Å². The second-order valence-corrected chi connectivity index (χ2v) is 5.55. The van der Waals surface area contributed by atoms with Crippen LogP contribution in [0.25, 0.3) is 10.8 Å². The van der Waals surface area contributed by atoms with Crippen molar-refractivity contribution < 1.29 is 14.6 Å². The van der Waals surface area contributed by atoms with Crippen LogP contribution in [-0.4, -0.2) is 23.8 Å². The number of nitrogens with zero attached hydrogens (tertiary/aromatic N) is 1. The molecule has 25 heavy (non-hydrogen) atoms. The van der Waals surface area contributed by atoms with Gasteiger partial charge >= 0.3 is 0 Å². The summed E-state index contributed by atoms with van der Waals surface area (Å²) in [6.07, 6.45) is 0. The summed E-state index contributed by atoms with van der Waals surface area (Å²) in [7, 11) is 1.49. The van der Waals surface area contributed by atoms with Crippen LogP contribution in [-0.2, 0) is 0 Å². The molecule has 3 aromatic carbocycles. The highest BCUT2D eigenvalue weighted by Crippen LogP contribution is 2.23. The number of ether oxygens (including phenoxy) is 1. The van der Waals surface area contributed by atoms with Gasteiger partial charge in [-0.15, -0.1) is 0 Å². The molecular weight excluding hydrogens is 316 g/mol. The Balaban J connectivity index is 1.84. The van der Waals surface area contributed by atoms with Crippen molar-refractivity contribution in [3.05, 3.63) is 71.8 Å². The predicted octanol–water partition coefficient (Wildman–Crippen LogP) is 3.71. The van der Waals surface area contributed by atoms with Gasteiger partial charge in [-0.3, -0.25) is 4.79 Å². The molecule has 1 amide bonds. The summed E-state index contributed by atoms with van der Waals surface area (Å²) in [6, 6.07) is 18.4. The first-order valence-electron chi connectivity index (χ1n) is 7.80. The van der Waals surface area contributed by atoms with E-state index in [1.165, 1.54) is 19.2 Å². The summed E-state index contributed by atoms with van der Waals surface area (Å²) in [4.78, 5) is 12.2. The van der Waals surface area contributed by atoms with E-state index in [9.17, 15) is 9.90 Å². The number of amides is 1. The Hall–Kier alpha value is -3.34. The van der Waals surface area contributed by atoms with Gasteiger partial charge in [0.25, 0.3) is 5.91 Å². The van der Waals surface area contributed by atoms with Crippen molar-refractivity contribution in [2.24, 2.45) is 5.10 Å². The molecular formula is C20H18N2O3. The standard InChI is InChI=1S/C20H18N2O3/c1-13(16-9-5-7-14-6-3-4-8-17(14)16)21-22-20(24)18-11-10-15(25-2)12-19(18)23/h3-12,23H,1-2H3,(H,22,24)/b21-13-. The summed E-state index contributed by atoms with van der Waals surface area (Å²) in [5.74, 6) is -0.168. The summed E-state index contributed by atoms with van der Waals surface area (Å²) >= 11 is 0. The van der Waals surface area contributed by atoms with E-state index in [2.05, 4.69) is 10.5 Å². The molecule has 0 spiro atoms. The highest BCUT2D eigenvalue weighted by molar-refractivity contribution is 6.10. The van der Waals surface area contributed by atoms with E-state index in [1.54, 1.807) is 6.07 Å². The van der Waals surface area contributed by atoms with Gasteiger partial charge in [-0.05, 0) is 29.8 Å². The minimum absolute atomic E-state index is 0.135. The number of rotatable bonds is 4. The van der Waals surface area contributed by atoms with E-state index < -0.39 is 5.91 Å². The van der Waals surface area contributed by atoms with Crippen LogP contribution in [0, 0.1) is 0 Å². The van der Waals surface area contributed by atoms with E-state index in [-0.39, 0.29) is 11.3 Å². The van der Waals surface area contributed by atoms with Gasteiger partial charge < -0.3 is 9.84 Å². The normalized spacial score (nSPS) is 11.4. The zero-order chi connectivity index (χ0) is 17.8. The Morgan fingerprint density at radius 1 is 1.04 bits per heavy atom. The van der Waals surface area contributed by atoms with Gasteiger partial charge in [0, 0.05) is 11.6 Å². The lowest BCUT2D eigenvalue weighted by molar-refractivity contribution is 0.0952. The Morgan fingerprint density at radius 3 is 2.56 bits per heavy atom. The minimum Gasteiger partial charge on any atom is -0.507 e. The minimum atomic E-state index is -0.486. The number of carbonyl (C=O) groups is 1. The number of phenols is 1. The van der Waals surface area contributed by atoms with Crippen LogP contribution in [0.1, 0.15) is 22.8 Å².